The lowest BCUT2D eigenvalue weighted by Gasteiger charge is -2.39. The van der Waals surface area contributed by atoms with Crippen molar-refractivity contribution in [2.75, 3.05) is 6.54 Å². The maximum atomic E-state index is 12.6. The van der Waals surface area contributed by atoms with Crippen LogP contribution in [0.2, 0.25) is 0 Å². The number of carbonyl (C=O) groups excluding carboxylic acids is 2. The quantitative estimate of drug-likeness (QED) is 0.597. The van der Waals surface area contributed by atoms with Crippen molar-refractivity contribution >= 4 is 12.1 Å². The SMILES string of the molecule is CC(=O)Oc1ccc([C@H]2CC[C@H](C)CN2C(=O)OC(C)(C)C)cc1. The highest BCUT2D eigenvalue weighted by molar-refractivity contribution is 5.70. The minimum Gasteiger partial charge on any atom is -0.444 e. The monoisotopic (exact) mass is 333 g/mol. The zero-order valence-corrected chi connectivity index (χ0v) is 15.2. The number of piperidine rings is 1. The van der Waals surface area contributed by atoms with Crippen LogP contribution in [0.4, 0.5) is 4.79 Å². The molecule has 5 heteroatoms. The summed E-state index contributed by atoms with van der Waals surface area (Å²) in [6.45, 7) is 9.84. The van der Waals surface area contributed by atoms with Crippen LogP contribution in [0.25, 0.3) is 0 Å². The molecule has 5 nitrogen and oxygen atoms in total. The number of hydrogen-bond donors (Lipinski definition) is 0. The lowest BCUT2D eigenvalue weighted by atomic mass is 9.90. The minimum absolute atomic E-state index is 0.0116. The average molecular weight is 333 g/mol. The van der Waals surface area contributed by atoms with E-state index in [9.17, 15) is 9.59 Å². The van der Waals surface area contributed by atoms with Crippen molar-refractivity contribution in [2.45, 2.75) is 59.1 Å². The molecule has 1 aromatic rings. The van der Waals surface area contributed by atoms with Crippen LogP contribution in [0.5, 0.6) is 5.75 Å². The van der Waals surface area contributed by atoms with E-state index in [4.69, 9.17) is 9.47 Å². The Kier molecular flexibility index (Phi) is 5.52. The van der Waals surface area contributed by atoms with Gasteiger partial charge in [0.15, 0.2) is 0 Å². The third-order valence-corrected chi connectivity index (χ3v) is 3.97. The molecule has 0 unspecified atom stereocenters. The van der Waals surface area contributed by atoms with Gasteiger partial charge in [-0.1, -0.05) is 19.1 Å². The van der Waals surface area contributed by atoms with Gasteiger partial charge >= 0.3 is 12.1 Å². The normalized spacial score (nSPS) is 21.3. The molecule has 0 N–H and O–H groups in total. The Bertz CT molecular complexity index is 588. The molecule has 2 atom stereocenters. The van der Waals surface area contributed by atoms with E-state index in [1.807, 2.05) is 37.8 Å². The highest BCUT2D eigenvalue weighted by Gasteiger charge is 2.33. The summed E-state index contributed by atoms with van der Waals surface area (Å²) in [6, 6.07) is 7.35. The molecular formula is C19H27NO4. The van der Waals surface area contributed by atoms with Gasteiger partial charge in [0.2, 0.25) is 0 Å². The lowest BCUT2D eigenvalue weighted by Crippen LogP contribution is -2.44. The van der Waals surface area contributed by atoms with E-state index in [1.54, 1.807) is 12.1 Å². The van der Waals surface area contributed by atoms with Crippen molar-refractivity contribution in [1.82, 2.24) is 4.90 Å². The van der Waals surface area contributed by atoms with Gasteiger partial charge in [-0.3, -0.25) is 4.79 Å². The third-order valence-electron chi connectivity index (χ3n) is 3.97. The first-order chi connectivity index (χ1) is 11.2. The fourth-order valence-electron chi connectivity index (χ4n) is 2.95. The van der Waals surface area contributed by atoms with Crippen molar-refractivity contribution in [1.29, 1.82) is 0 Å². The Hall–Kier alpha value is -2.04. The first-order valence-electron chi connectivity index (χ1n) is 8.43. The lowest BCUT2D eigenvalue weighted by molar-refractivity contribution is -0.131. The highest BCUT2D eigenvalue weighted by Crippen LogP contribution is 2.35. The Morgan fingerprint density at radius 1 is 1.12 bits per heavy atom. The van der Waals surface area contributed by atoms with E-state index in [1.165, 1.54) is 6.92 Å². The maximum absolute atomic E-state index is 12.6. The van der Waals surface area contributed by atoms with Crippen LogP contribution in [0.3, 0.4) is 0 Å². The Morgan fingerprint density at radius 2 is 1.75 bits per heavy atom. The largest absolute Gasteiger partial charge is 0.444 e. The van der Waals surface area contributed by atoms with Crippen LogP contribution in [-0.2, 0) is 9.53 Å². The standard InChI is InChI=1S/C19H27NO4/c1-13-6-11-17(20(12-13)18(22)24-19(3,4)5)15-7-9-16(10-8-15)23-14(2)21/h7-10,13,17H,6,11-12H2,1-5H3/t13-,17+/m0/s1. The number of amides is 1. The number of rotatable bonds is 2. The van der Waals surface area contributed by atoms with E-state index in [0.717, 1.165) is 18.4 Å². The molecule has 24 heavy (non-hydrogen) atoms. The topological polar surface area (TPSA) is 55.8 Å². The molecule has 1 aliphatic rings. The summed E-state index contributed by atoms with van der Waals surface area (Å²) in [5.74, 6) is 0.623. The number of ether oxygens (including phenoxy) is 2. The van der Waals surface area contributed by atoms with Crippen molar-refractivity contribution < 1.29 is 19.1 Å². The first kappa shape index (κ1) is 18.3. The number of likely N-dealkylation sites (tertiary alicyclic amines) is 1. The highest BCUT2D eigenvalue weighted by atomic mass is 16.6. The molecule has 1 fully saturated rings. The Labute approximate surface area is 143 Å². The summed E-state index contributed by atoms with van der Waals surface area (Å²) >= 11 is 0. The molecule has 0 bridgehead atoms. The number of hydrogen-bond acceptors (Lipinski definition) is 4. The summed E-state index contributed by atoms with van der Waals surface area (Å²) in [4.78, 5) is 25.4. The van der Waals surface area contributed by atoms with Gasteiger partial charge < -0.3 is 14.4 Å². The van der Waals surface area contributed by atoms with Gasteiger partial charge in [-0.05, 0) is 57.2 Å². The van der Waals surface area contributed by atoms with Crippen LogP contribution in [0.1, 0.15) is 59.1 Å². The van der Waals surface area contributed by atoms with Gasteiger partial charge in [-0.2, -0.15) is 0 Å². The van der Waals surface area contributed by atoms with Crippen molar-refractivity contribution in [3.63, 3.8) is 0 Å². The van der Waals surface area contributed by atoms with Gasteiger partial charge in [0.1, 0.15) is 11.4 Å². The number of esters is 1. The fraction of sp³-hybridized carbons (Fsp3) is 0.579. The van der Waals surface area contributed by atoms with E-state index < -0.39 is 5.60 Å². The Morgan fingerprint density at radius 3 is 2.29 bits per heavy atom. The zero-order valence-electron chi connectivity index (χ0n) is 15.2. The maximum Gasteiger partial charge on any atom is 0.410 e. The summed E-state index contributed by atoms with van der Waals surface area (Å²) in [7, 11) is 0. The van der Waals surface area contributed by atoms with Gasteiger partial charge in [-0.25, -0.2) is 4.79 Å². The molecule has 1 aromatic carbocycles. The Balaban J connectivity index is 2.18. The van der Waals surface area contributed by atoms with Crippen molar-refractivity contribution in [3.8, 4) is 5.75 Å². The second-order valence-electron chi connectivity index (χ2n) is 7.49. The van der Waals surface area contributed by atoms with Gasteiger partial charge in [0, 0.05) is 13.5 Å². The molecule has 0 radical (unpaired) electrons. The zero-order chi connectivity index (χ0) is 17.9. The molecule has 0 spiro atoms. The smallest absolute Gasteiger partial charge is 0.410 e. The fourth-order valence-corrected chi connectivity index (χ4v) is 2.95. The van der Waals surface area contributed by atoms with E-state index in [-0.39, 0.29) is 18.1 Å². The molecule has 0 aliphatic carbocycles. The molecule has 1 aliphatic heterocycles. The number of benzene rings is 1. The van der Waals surface area contributed by atoms with Crippen LogP contribution in [0, 0.1) is 5.92 Å². The van der Waals surface area contributed by atoms with Crippen LogP contribution >= 0.6 is 0 Å². The van der Waals surface area contributed by atoms with Crippen LogP contribution in [0.15, 0.2) is 24.3 Å². The van der Waals surface area contributed by atoms with E-state index in [0.29, 0.717) is 18.2 Å². The van der Waals surface area contributed by atoms with Crippen molar-refractivity contribution in [2.24, 2.45) is 5.92 Å². The van der Waals surface area contributed by atoms with Crippen molar-refractivity contribution in [3.05, 3.63) is 29.8 Å². The minimum atomic E-state index is -0.512. The predicted octanol–water partition coefficient (Wildman–Crippen LogP) is 4.32. The van der Waals surface area contributed by atoms with Gasteiger partial charge in [0.25, 0.3) is 0 Å². The molecule has 2 rings (SSSR count). The molecule has 1 heterocycles. The third kappa shape index (κ3) is 4.98. The van der Waals surface area contributed by atoms with E-state index >= 15 is 0 Å². The van der Waals surface area contributed by atoms with Crippen LogP contribution < -0.4 is 4.74 Å². The first-order valence-corrected chi connectivity index (χ1v) is 8.43. The number of carbonyl (C=O) groups is 2. The van der Waals surface area contributed by atoms with Gasteiger partial charge in [0.05, 0.1) is 6.04 Å². The molecule has 0 aromatic heterocycles. The molecule has 132 valence electrons. The second-order valence-corrected chi connectivity index (χ2v) is 7.49. The average Bonchev–Trinajstić information content (AvgIpc) is 2.46. The summed E-state index contributed by atoms with van der Waals surface area (Å²) in [5, 5.41) is 0. The van der Waals surface area contributed by atoms with Gasteiger partial charge in [-0.15, -0.1) is 0 Å². The van der Waals surface area contributed by atoms with E-state index in [2.05, 4.69) is 6.92 Å². The predicted molar refractivity (Wildman–Crippen MR) is 91.8 cm³/mol. The summed E-state index contributed by atoms with van der Waals surface area (Å²) < 4.78 is 10.6. The number of nitrogens with zero attached hydrogens (tertiary/aromatic N) is 1. The molecular weight excluding hydrogens is 306 g/mol. The molecule has 1 amide bonds. The summed E-state index contributed by atoms with van der Waals surface area (Å²) in [5.41, 5.74) is 0.519. The summed E-state index contributed by atoms with van der Waals surface area (Å²) in [6.07, 6.45) is 1.69. The molecule has 0 saturated carbocycles. The second kappa shape index (κ2) is 7.24. The van der Waals surface area contributed by atoms with Crippen LogP contribution in [-0.4, -0.2) is 29.1 Å². The molecule has 1 saturated heterocycles.